The van der Waals surface area contributed by atoms with Crippen LogP contribution in [-0.4, -0.2) is 19.2 Å². The maximum atomic E-state index is 12.0. The molecular formula is C12H20N2O2S. The summed E-state index contributed by atoms with van der Waals surface area (Å²) in [6.07, 6.45) is 2.50. The summed E-state index contributed by atoms with van der Waals surface area (Å²) in [5.74, 6) is 0.457. The predicted molar refractivity (Wildman–Crippen MR) is 69.1 cm³/mol. The van der Waals surface area contributed by atoms with Gasteiger partial charge in [-0.2, -0.15) is 0 Å². The fraction of sp³-hybridized carbons (Fsp3) is 0.583. The molecule has 0 aromatic carbocycles. The molecule has 0 saturated carbocycles. The van der Waals surface area contributed by atoms with Crippen LogP contribution >= 0.6 is 0 Å². The van der Waals surface area contributed by atoms with Crippen molar-refractivity contribution >= 4 is 9.84 Å². The van der Waals surface area contributed by atoms with Crippen molar-refractivity contribution in [2.45, 2.75) is 32.6 Å². The molecule has 0 aliphatic carbocycles. The zero-order chi connectivity index (χ0) is 12.9. The molecular weight excluding hydrogens is 236 g/mol. The van der Waals surface area contributed by atoms with E-state index in [1.54, 1.807) is 18.3 Å². The second-order valence-corrected chi connectivity index (χ2v) is 6.49. The number of sulfone groups is 1. The van der Waals surface area contributed by atoms with E-state index in [0.29, 0.717) is 5.69 Å². The van der Waals surface area contributed by atoms with E-state index in [4.69, 9.17) is 5.73 Å². The molecule has 4 nitrogen and oxygen atoms in total. The summed E-state index contributed by atoms with van der Waals surface area (Å²) in [5, 5.41) is 0. The Balaban J connectivity index is 2.83. The Bertz CT molecular complexity index is 457. The molecule has 1 aromatic rings. The van der Waals surface area contributed by atoms with Crippen LogP contribution in [0.4, 0.5) is 0 Å². The van der Waals surface area contributed by atoms with Gasteiger partial charge in [-0.25, -0.2) is 8.42 Å². The zero-order valence-corrected chi connectivity index (χ0v) is 11.2. The summed E-state index contributed by atoms with van der Waals surface area (Å²) in [7, 11) is -3.07. The van der Waals surface area contributed by atoms with Gasteiger partial charge < -0.3 is 5.73 Å². The fourth-order valence-electron chi connectivity index (χ4n) is 1.63. The van der Waals surface area contributed by atoms with Crippen LogP contribution in [-0.2, 0) is 22.1 Å². The molecule has 0 aliphatic heterocycles. The van der Waals surface area contributed by atoms with Crippen molar-refractivity contribution in [1.29, 1.82) is 0 Å². The van der Waals surface area contributed by atoms with E-state index in [2.05, 4.69) is 4.98 Å². The summed E-state index contributed by atoms with van der Waals surface area (Å²) in [4.78, 5) is 4.09. The highest BCUT2D eigenvalue weighted by Crippen LogP contribution is 2.13. The Labute approximate surface area is 103 Å². The van der Waals surface area contributed by atoms with Crippen LogP contribution in [0, 0.1) is 5.92 Å². The highest BCUT2D eigenvalue weighted by molar-refractivity contribution is 7.90. The number of nitrogens with zero attached hydrogens (tertiary/aromatic N) is 1. The maximum Gasteiger partial charge on any atom is 0.154 e. The van der Waals surface area contributed by atoms with Crippen LogP contribution in [0.15, 0.2) is 18.3 Å². The van der Waals surface area contributed by atoms with Gasteiger partial charge >= 0.3 is 0 Å². The largest absolute Gasteiger partial charge is 0.325 e. The van der Waals surface area contributed by atoms with Crippen molar-refractivity contribution < 1.29 is 8.42 Å². The van der Waals surface area contributed by atoms with Crippen LogP contribution in [0.2, 0.25) is 0 Å². The number of hydrogen-bond donors (Lipinski definition) is 1. The lowest BCUT2D eigenvalue weighted by atomic mass is 10.2. The fourth-order valence-corrected chi connectivity index (χ4v) is 3.59. The first-order valence-electron chi connectivity index (χ1n) is 5.81. The molecule has 0 amide bonds. The minimum Gasteiger partial charge on any atom is -0.325 e. The Morgan fingerprint density at radius 1 is 1.47 bits per heavy atom. The van der Waals surface area contributed by atoms with Crippen LogP contribution < -0.4 is 5.73 Å². The highest BCUT2D eigenvalue weighted by Gasteiger charge is 2.17. The number of pyridine rings is 1. The van der Waals surface area contributed by atoms with Crippen LogP contribution in [0.25, 0.3) is 0 Å². The smallest absolute Gasteiger partial charge is 0.154 e. The lowest BCUT2D eigenvalue weighted by Crippen LogP contribution is -2.17. The third-order valence-corrected chi connectivity index (χ3v) is 4.62. The van der Waals surface area contributed by atoms with Crippen LogP contribution in [0.5, 0.6) is 0 Å². The zero-order valence-electron chi connectivity index (χ0n) is 10.4. The molecule has 2 N–H and O–H groups in total. The van der Waals surface area contributed by atoms with Gasteiger partial charge in [-0.3, -0.25) is 4.98 Å². The molecule has 1 aromatic heterocycles. The molecule has 0 saturated heterocycles. The average Bonchev–Trinajstić information content (AvgIpc) is 2.28. The van der Waals surface area contributed by atoms with E-state index >= 15 is 0 Å². The van der Waals surface area contributed by atoms with Crippen molar-refractivity contribution in [3.63, 3.8) is 0 Å². The Hall–Kier alpha value is -0.940. The molecule has 5 heteroatoms. The third-order valence-electron chi connectivity index (χ3n) is 2.79. The van der Waals surface area contributed by atoms with Gasteiger partial charge in [0.1, 0.15) is 0 Å². The topological polar surface area (TPSA) is 73.0 Å². The first-order valence-corrected chi connectivity index (χ1v) is 7.64. The Morgan fingerprint density at radius 3 is 2.76 bits per heavy atom. The minimum absolute atomic E-state index is 0.0394. The molecule has 96 valence electrons. The maximum absolute atomic E-state index is 12.0. The van der Waals surface area contributed by atoms with Gasteiger partial charge in [-0.05, 0) is 17.5 Å². The number of hydrogen-bond acceptors (Lipinski definition) is 4. The van der Waals surface area contributed by atoms with E-state index < -0.39 is 9.84 Å². The first-order chi connectivity index (χ1) is 7.98. The average molecular weight is 256 g/mol. The van der Waals surface area contributed by atoms with Gasteiger partial charge in [0.25, 0.3) is 0 Å². The molecule has 0 aliphatic rings. The van der Waals surface area contributed by atoms with Gasteiger partial charge in [0.05, 0.1) is 17.2 Å². The van der Waals surface area contributed by atoms with Gasteiger partial charge in [0.15, 0.2) is 9.84 Å². The minimum atomic E-state index is -3.07. The SMILES string of the molecule is CCC(C)CS(=O)(=O)Cc1cccnc1CN. The summed E-state index contributed by atoms with van der Waals surface area (Å²) in [6.45, 7) is 4.22. The second kappa shape index (κ2) is 6.12. The standard InChI is InChI=1S/C12H20N2O2S/c1-3-10(2)8-17(15,16)9-11-5-4-6-14-12(11)7-13/h4-6,10H,3,7-9,13H2,1-2H3. The van der Waals surface area contributed by atoms with Crippen molar-refractivity contribution in [1.82, 2.24) is 4.98 Å². The third kappa shape index (κ3) is 4.44. The van der Waals surface area contributed by atoms with Crippen molar-refractivity contribution in [3.8, 4) is 0 Å². The van der Waals surface area contributed by atoms with E-state index in [1.165, 1.54) is 0 Å². The number of rotatable bonds is 6. The van der Waals surface area contributed by atoms with E-state index in [0.717, 1.165) is 12.0 Å². The van der Waals surface area contributed by atoms with Crippen LogP contribution in [0.3, 0.4) is 0 Å². The van der Waals surface area contributed by atoms with Gasteiger partial charge in [0, 0.05) is 12.7 Å². The Kier molecular flexibility index (Phi) is 5.08. The molecule has 1 unspecified atom stereocenters. The highest BCUT2D eigenvalue weighted by atomic mass is 32.2. The molecule has 0 spiro atoms. The van der Waals surface area contributed by atoms with Gasteiger partial charge in [0.2, 0.25) is 0 Å². The molecule has 1 heterocycles. The molecule has 0 radical (unpaired) electrons. The summed E-state index contributed by atoms with van der Waals surface area (Å²) >= 11 is 0. The van der Waals surface area contributed by atoms with E-state index in [1.807, 2.05) is 13.8 Å². The molecule has 0 fully saturated rings. The summed E-state index contributed by atoms with van der Waals surface area (Å²) in [5.41, 5.74) is 6.93. The molecule has 1 atom stereocenters. The quantitative estimate of drug-likeness (QED) is 0.837. The molecule has 0 bridgehead atoms. The van der Waals surface area contributed by atoms with Crippen molar-refractivity contribution in [2.75, 3.05) is 5.75 Å². The predicted octanol–water partition coefficient (Wildman–Crippen LogP) is 1.50. The van der Waals surface area contributed by atoms with Crippen molar-refractivity contribution in [2.24, 2.45) is 11.7 Å². The van der Waals surface area contributed by atoms with Gasteiger partial charge in [-0.15, -0.1) is 0 Å². The van der Waals surface area contributed by atoms with E-state index in [9.17, 15) is 8.42 Å². The number of aromatic nitrogens is 1. The van der Waals surface area contributed by atoms with Crippen molar-refractivity contribution in [3.05, 3.63) is 29.6 Å². The molecule has 17 heavy (non-hydrogen) atoms. The monoisotopic (exact) mass is 256 g/mol. The molecule has 1 rings (SSSR count). The first kappa shape index (κ1) is 14.1. The van der Waals surface area contributed by atoms with Crippen LogP contribution in [0.1, 0.15) is 31.5 Å². The second-order valence-electron chi connectivity index (χ2n) is 4.38. The van der Waals surface area contributed by atoms with E-state index in [-0.39, 0.29) is 24.0 Å². The summed E-state index contributed by atoms with van der Waals surface area (Å²) < 4.78 is 23.9. The lowest BCUT2D eigenvalue weighted by Gasteiger charge is -2.11. The number of nitrogens with two attached hydrogens (primary N) is 1. The Morgan fingerprint density at radius 2 is 2.18 bits per heavy atom. The normalized spacial score (nSPS) is 13.6. The van der Waals surface area contributed by atoms with Gasteiger partial charge in [-0.1, -0.05) is 26.3 Å². The summed E-state index contributed by atoms with van der Waals surface area (Å²) in [6, 6.07) is 3.52. The lowest BCUT2D eigenvalue weighted by molar-refractivity contribution is 0.563.